The minimum absolute atomic E-state index is 0.146. The molecule has 2 aliphatic carbocycles. The number of benzene rings is 7. The molecule has 0 amide bonds. The van der Waals surface area contributed by atoms with Crippen molar-refractivity contribution >= 4 is 54.5 Å². The predicted octanol–water partition coefficient (Wildman–Crippen LogP) is 11.8. The molecule has 1 fully saturated rings. The van der Waals surface area contributed by atoms with Gasteiger partial charge in [-0.15, -0.1) is 0 Å². The van der Waals surface area contributed by atoms with Gasteiger partial charge in [-0.2, -0.15) is 0 Å². The first-order valence-electron chi connectivity index (χ1n) is 16.4. The summed E-state index contributed by atoms with van der Waals surface area (Å²) in [6.07, 6.45) is 6.20. The lowest BCUT2D eigenvalue weighted by Gasteiger charge is -2.29. The van der Waals surface area contributed by atoms with Crippen molar-refractivity contribution < 1.29 is 0 Å². The summed E-state index contributed by atoms with van der Waals surface area (Å²) < 4.78 is 0. The lowest BCUT2D eigenvalue weighted by molar-refractivity contribution is 0.591. The predicted molar refractivity (Wildman–Crippen MR) is 192 cm³/mol. The van der Waals surface area contributed by atoms with Crippen LogP contribution in [0.1, 0.15) is 44.2 Å². The maximum atomic E-state index is 2.66. The number of anilines is 2. The van der Waals surface area contributed by atoms with E-state index in [4.69, 9.17) is 0 Å². The highest BCUT2D eigenvalue weighted by atomic mass is 15.3. The summed E-state index contributed by atoms with van der Waals surface area (Å²) in [5.74, 6) is 1.11. The van der Waals surface area contributed by atoms with E-state index in [-0.39, 0.29) is 11.0 Å². The molecule has 45 heavy (non-hydrogen) atoms. The van der Waals surface area contributed by atoms with E-state index in [0.29, 0.717) is 11.8 Å². The van der Waals surface area contributed by atoms with E-state index in [2.05, 4.69) is 159 Å². The van der Waals surface area contributed by atoms with Gasteiger partial charge in [-0.1, -0.05) is 118 Å². The Labute approximate surface area is 264 Å². The summed E-state index contributed by atoms with van der Waals surface area (Å²) in [6.45, 7) is 6.85. The summed E-state index contributed by atoms with van der Waals surface area (Å²) >= 11 is 0. The zero-order valence-electron chi connectivity index (χ0n) is 26.0. The van der Waals surface area contributed by atoms with E-state index in [1.165, 1.54) is 83.1 Å². The Morgan fingerprint density at radius 1 is 0.578 bits per heavy atom. The first-order chi connectivity index (χ1) is 21.9. The largest absolute Gasteiger partial charge is 0.333 e. The first kappa shape index (κ1) is 25.4. The summed E-state index contributed by atoms with van der Waals surface area (Å²) in [5.41, 5.74) is 8.44. The van der Waals surface area contributed by atoms with Gasteiger partial charge in [0.2, 0.25) is 0 Å². The molecule has 1 heteroatoms. The quantitative estimate of drug-likeness (QED) is 0.146. The molecule has 1 heterocycles. The summed E-state index contributed by atoms with van der Waals surface area (Å²) in [7, 11) is 0. The molecule has 1 aliphatic heterocycles. The second-order valence-electron chi connectivity index (χ2n) is 14.7. The molecule has 10 rings (SSSR count). The molecule has 1 saturated carbocycles. The third-order valence-corrected chi connectivity index (χ3v) is 11.1. The van der Waals surface area contributed by atoms with Crippen molar-refractivity contribution in [1.82, 2.24) is 0 Å². The molecule has 3 aliphatic rings. The number of fused-ring (bicyclic) bond motifs is 8. The van der Waals surface area contributed by atoms with Gasteiger partial charge in [-0.05, 0) is 114 Å². The van der Waals surface area contributed by atoms with E-state index in [9.17, 15) is 0 Å². The second kappa shape index (κ2) is 8.64. The molecular formula is C44H35N. The summed E-state index contributed by atoms with van der Waals surface area (Å²) in [6, 6.07) is 46.2. The van der Waals surface area contributed by atoms with Crippen molar-refractivity contribution in [3.05, 3.63) is 145 Å². The molecule has 1 nitrogen and oxygen atoms in total. The van der Waals surface area contributed by atoms with Crippen molar-refractivity contribution in [2.75, 3.05) is 4.90 Å². The molecule has 216 valence electrons. The van der Waals surface area contributed by atoms with Gasteiger partial charge < -0.3 is 4.90 Å². The number of hydrogen-bond acceptors (Lipinski definition) is 1. The Morgan fingerprint density at radius 3 is 1.82 bits per heavy atom. The van der Waals surface area contributed by atoms with Crippen LogP contribution in [0.15, 0.2) is 133 Å². The molecule has 3 atom stereocenters. The molecule has 0 N–H and O–H groups in total. The van der Waals surface area contributed by atoms with Crippen molar-refractivity contribution in [3.63, 3.8) is 0 Å². The molecule has 0 bridgehead atoms. The monoisotopic (exact) mass is 577 g/mol. The number of para-hydroxylation sites is 1. The number of nitrogens with zero attached hydrogens (tertiary/aromatic N) is 1. The van der Waals surface area contributed by atoms with E-state index >= 15 is 0 Å². The Hall–Kier alpha value is -4.88. The number of rotatable bonds is 2. The fraction of sp³-hybridized carbons (Fsp3) is 0.182. The smallest absolute Gasteiger partial charge is 0.0624 e. The van der Waals surface area contributed by atoms with Crippen LogP contribution in [-0.4, -0.2) is 5.54 Å². The first-order valence-corrected chi connectivity index (χ1v) is 16.4. The number of hydrogen-bond donors (Lipinski definition) is 0. The van der Waals surface area contributed by atoms with Crippen molar-refractivity contribution in [3.8, 4) is 11.1 Å². The van der Waals surface area contributed by atoms with Crippen molar-refractivity contribution in [2.24, 2.45) is 5.92 Å². The molecule has 0 aromatic heterocycles. The Bertz CT molecular complexity index is 2410. The zero-order valence-corrected chi connectivity index (χ0v) is 26.0. The van der Waals surface area contributed by atoms with Gasteiger partial charge in [0.25, 0.3) is 0 Å². The summed E-state index contributed by atoms with van der Waals surface area (Å²) in [5, 5.41) is 10.6. The van der Waals surface area contributed by atoms with E-state index in [1.807, 2.05) is 0 Å². The standard InChI is InChI=1S/C44H35N/c1-43(2,3)33-15-19-37-31(23-33)11-9-29-21-27(13-17-36(29)37)28-14-18-38-30(22-28)10-12-32-24-42-40(25-39(32)38)41-20-16-34-26-44(34,41)45(42)35-7-5-4-6-8-35/h4-25,34,41H,26H2,1-3H3/t34?,41-,44?/m0/s1. The molecule has 0 radical (unpaired) electrons. The highest BCUT2D eigenvalue weighted by Gasteiger charge is 2.68. The van der Waals surface area contributed by atoms with Crippen LogP contribution in [0.5, 0.6) is 0 Å². The van der Waals surface area contributed by atoms with Crippen molar-refractivity contribution in [1.29, 1.82) is 0 Å². The maximum absolute atomic E-state index is 2.66. The second-order valence-corrected chi connectivity index (χ2v) is 14.7. The van der Waals surface area contributed by atoms with Crippen molar-refractivity contribution in [2.45, 2.75) is 44.1 Å². The van der Waals surface area contributed by atoms with Crippen LogP contribution in [0.25, 0.3) is 54.2 Å². The van der Waals surface area contributed by atoms with Gasteiger partial charge in [0.1, 0.15) is 0 Å². The van der Waals surface area contributed by atoms with Crippen LogP contribution in [0.2, 0.25) is 0 Å². The molecule has 0 saturated heterocycles. The maximum Gasteiger partial charge on any atom is 0.0624 e. The highest BCUT2D eigenvalue weighted by molar-refractivity contribution is 6.11. The third kappa shape index (κ3) is 3.50. The van der Waals surface area contributed by atoms with Gasteiger partial charge in [-0.25, -0.2) is 0 Å². The Morgan fingerprint density at radius 2 is 1.18 bits per heavy atom. The lowest BCUT2D eigenvalue weighted by atomic mass is 9.85. The topological polar surface area (TPSA) is 3.24 Å². The van der Waals surface area contributed by atoms with Crippen LogP contribution in [0, 0.1) is 5.92 Å². The van der Waals surface area contributed by atoms with E-state index in [0.717, 1.165) is 0 Å². The Balaban J connectivity index is 1.07. The minimum atomic E-state index is 0.146. The van der Waals surface area contributed by atoms with Crippen LogP contribution < -0.4 is 4.90 Å². The average molecular weight is 578 g/mol. The lowest BCUT2D eigenvalue weighted by Crippen LogP contribution is -2.32. The van der Waals surface area contributed by atoms with Gasteiger partial charge in [-0.3, -0.25) is 0 Å². The zero-order chi connectivity index (χ0) is 30.1. The van der Waals surface area contributed by atoms with Gasteiger partial charge in [0.15, 0.2) is 0 Å². The van der Waals surface area contributed by atoms with E-state index in [1.54, 1.807) is 0 Å². The molecule has 2 unspecified atom stereocenters. The molecular weight excluding hydrogens is 542 g/mol. The van der Waals surface area contributed by atoms with Gasteiger partial charge in [0.05, 0.1) is 5.54 Å². The van der Waals surface area contributed by atoms with Crippen LogP contribution in [0.3, 0.4) is 0 Å². The summed E-state index contributed by atoms with van der Waals surface area (Å²) in [4.78, 5) is 2.66. The third-order valence-electron chi connectivity index (χ3n) is 11.1. The molecule has 1 spiro atoms. The van der Waals surface area contributed by atoms with Crippen LogP contribution >= 0.6 is 0 Å². The average Bonchev–Trinajstić information content (AvgIpc) is 3.54. The fourth-order valence-electron chi connectivity index (χ4n) is 8.70. The van der Waals surface area contributed by atoms with E-state index < -0.39 is 0 Å². The fourth-order valence-corrected chi connectivity index (χ4v) is 8.70. The van der Waals surface area contributed by atoms with Gasteiger partial charge in [0, 0.05) is 23.2 Å². The Kier molecular flexibility index (Phi) is 4.89. The molecule has 7 aromatic carbocycles. The van der Waals surface area contributed by atoms with Crippen LogP contribution in [-0.2, 0) is 5.41 Å². The molecule has 7 aromatic rings. The minimum Gasteiger partial charge on any atom is -0.333 e. The van der Waals surface area contributed by atoms with Crippen LogP contribution in [0.4, 0.5) is 11.4 Å². The SMILES string of the molecule is CC(C)(C)c1ccc2c(ccc3cc(-c4ccc5c(ccc6cc7c(cc65)[C@@H]5C=CC6CC65N7c5ccccc5)c4)ccc32)c1. The highest BCUT2D eigenvalue weighted by Crippen LogP contribution is 2.70. The normalized spacial score (nSPS) is 21.5. The van der Waals surface area contributed by atoms with Gasteiger partial charge >= 0.3 is 0 Å².